The summed E-state index contributed by atoms with van der Waals surface area (Å²) in [5.41, 5.74) is 1.71. The van der Waals surface area contributed by atoms with E-state index in [0.29, 0.717) is 19.4 Å². The Labute approximate surface area is 229 Å². The van der Waals surface area contributed by atoms with Crippen molar-refractivity contribution >= 4 is 27.2 Å². The van der Waals surface area contributed by atoms with E-state index in [1.54, 1.807) is 6.07 Å². The monoisotopic (exact) mass is 564 g/mol. The van der Waals surface area contributed by atoms with Gasteiger partial charge in [-0.1, -0.05) is 19.9 Å². The molecule has 3 heterocycles. The van der Waals surface area contributed by atoms with Gasteiger partial charge in [0.15, 0.2) is 5.13 Å². The van der Waals surface area contributed by atoms with E-state index >= 15 is 0 Å². The fourth-order valence-electron chi connectivity index (χ4n) is 4.69. The molecular formula is C28H38F2N4O2S2. The van der Waals surface area contributed by atoms with Crippen LogP contribution in [0.3, 0.4) is 0 Å². The summed E-state index contributed by atoms with van der Waals surface area (Å²) in [5.74, 6) is -0.438. The molecule has 4 rings (SSSR count). The standard InChI is InChI=1S/C26H32F2N4O2S2.C2H6/c1-19-4-5-20(16-29-19)25(2,3)32-15-14-26(18-32,13-12-23-10-11-24(28)35-23)17-30-36(33,34)31-22-8-6-21(27)7-9-22;1-2/h4-11,16,30-31H,12-15,17-18H2,1-3H3;1-2H3. The highest BCUT2D eigenvalue weighted by Crippen LogP contribution is 2.41. The maximum absolute atomic E-state index is 13.6. The van der Waals surface area contributed by atoms with E-state index in [-0.39, 0.29) is 28.3 Å². The number of thiophene rings is 1. The Kier molecular flexibility index (Phi) is 10.0. The number of rotatable bonds is 10. The Bertz CT molecular complexity index is 1280. The van der Waals surface area contributed by atoms with Crippen LogP contribution in [0.4, 0.5) is 14.5 Å². The Morgan fingerprint density at radius 2 is 1.79 bits per heavy atom. The number of nitrogens with one attached hydrogen (secondary N) is 2. The second-order valence-corrected chi connectivity index (χ2v) is 12.7. The van der Waals surface area contributed by atoms with Crippen molar-refractivity contribution in [2.45, 2.75) is 59.4 Å². The van der Waals surface area contributed by atoms with Gasteiger partial charge in [0.1, 0.15) is 5.82 Å². The maximum atomic E-state index is 13.6. The zero-order chi connectivity index (χ0) is 28.0. The molecule has 0 amide bonds. The van der Waals surface area contributed by atoms with E-state index in [4.69, 9.17) is 0 Å². The van der Waals surface area contributed by atoms with E-state index < -0.39 is 16.0 Å². The third-order valence-corrected chi connectivity index (χ3v) is 9.07. The average molecular weight is 565 g/mol. The van der Waals surface area contributed by atoms with Crippen molar-refractivity contribution < 1.29 is 17.2 Å². The highest BCUT2D eigenvalue weighted by Gasteiger charge is 2.44. The lowest BCUT2D eigenvalue weighted by atomic mass is 9.82. The van der Waals surface area contributed by atoms with E-state index in [0.717, 1.165) is 40.4 Å². The number of pyridine rings is 1. The number of benzene rings is 1. The quantitative estimate of drug-likeness (QED) is 0.305. The van der Waals surface area contributed by atoms with Gasteiger partial charge in [-0.15, -0.1) is 11.3 Å². The van der Waals surface area contributed by atoms with Crippen LogP contribution in [-0.2, 0) is 22.2 Å². The summed E-state index contributed by atoms with van der Waals surface area (Å²) in [6.07, 6.45) is 4.08. The van der Waals surface area contributed by atoms with Crippen molar-refractivity contribution in [3.8, 4) is 0 Å². The van der Waals surface area contributed by atoms with Crippen LogP contribution >= 0.6 is 11.3 Å². The molecule has 0 aliphatic carbocycles. The zero-order valence-corrected chi connectivity index (χ0v) is 24.4. The Hall–Kier alpha value is -2.40. The third kappa shape index (κ3) is 7.81. The average Bonchev–Trinajstić information content (AvgIpc) is 3.52. The van der Waals surface area contributed by atoms with Gasteiger partial charge in [0.2, 0.25) is 0 Å². The van der Waals surface area contributed by atoms with Crippen LogP contribution in [0.15, 0.2) is 54.7 Å². The van der Waals surface area contributed by atoms with E-state index in [9.17, 15) is 17.2 Å². The van der Waals surface area contributed by atoms with Crippen molar-refractivity contribution in [1.82, 2.24) is 14.6 Å². The summed E-state index contributed by atoms with van der Waals surface area (Å²) in [4.78, 5) is 7.78. The summed E-state index contributed by atoms with van der Waals surface area (Å²) < 4.78 is 57.6. The number of anilines is 1. The lowest BCUT2D eigenvalue weighted by molar-refractivity contribution is 0.128. The molecule has 1 unspecified atom stereocenters. The zero-order valence-electron chi connectivity index (χ0n) is 22.7. The molecule has 1 aliphatic rings. The van der Waals surface area contributed by atoms with Crippen molar-refractivity contribution in [2.75, 3.05) is 24.4 Å². The maximum Gasteiger partial charge on any atom is 0.299 e. The molecule has 2 aromatic heterocycles. The van der Waals surface area contributed by atoms with Crippen LogP contribution in [-0.4, -0.2) is 37.9 Å². The molecule has 0 saturated carbocycles. The van der Waals surface area contributed by atoms with Gasteiger partial charge < -0.3 is 0 Å². The second kappa shape index (κ2) is 12.6. The minimum atomic E-state index is -3.87. The second-order valence-electron chi connectivity index (χ2n) is 10.1. The predicted octanol–water partition coefficient (Wildman–Crippen LogP) is 6.26. The molecule has 0 spiro atoms. The fourth-order valence-corrected chi connectivity index (χ4v) is 6.43. The molecular weight excluding hydrogens is 526 g/mol. The molecule has 0 radical (unpaired) electrons. The van der Waals surface area contributed by atoms with Crippen molar-refractivity contribution in [2.24, 2.45) is 5.41 Å². The number of hydrogen-bond acceptors (Lipinski definition) is 5. The largest absolute Gasteiger partial charge is 0.299 e. The number of hydrogen-bond donors (Lipinski definition) is 2. The SMILES string of the molecule is CC.Cc1ccc(C(C)(C)N2CCC(CCc3ccc(F)s3)(CNS(=O)(=O)Nc3ccc(F)cc3)C2)cn1. The normalized spacial score (nSPS) is 18.2. The summed E-state index contributed by atoms with van der Waals surface area (Å²) >= 11 is 1.13. The predicted molar refractivity (Wildman–Crippen MR) is 152 cm³/mol. The molecule has 1 atom stereocenters. The van der Waals surface area contributed by atoms with Crippen LogP contribution in [0.2, 0.25) is 0 Å². The van der Waals surface area contributed by atoms with E-state index in [2.05, 4.69) is 39.2 Å². The van der Waals surface area contributed by atoms with Gasteiger partial charge in [0.05, 0.1) is 0 Å². The lowest BCUT2D eigenvalue weighted by Crippen LogP contribution is -2.45. The molecule has 0 bridgehead atoms. The molecule has 38 heavy (non-hydrogen) atoms. The first-order chi connectivity index (χ1) is 18.0. The Morgan fingerprint density at radius 1 is 1.08 bits per heavy atom. The molecule has 208 valence electrons. The minimum Gasteiger partial charge on any atom is -0.293 e. The van der Waals surface area contributed by atoms with Gasteiger partial charge in [-0.2, -0.15) is 17.5 Å². The Morgan fingerprint density at radius 3 is 2.39 bits per heavy atom. The van der Waals surface area contributed by atoms with Crippen molar-refractivity contribution in [3.05, 3.63) is 81.8 Å². The molecule has 1 fully saturated rings. The molecule has 2 N–H and O–H groups in total. The summed E-state index contributed by atoms with van der Waals surface area (Å²) in [7, 11) is -3.87. The van der Waals surface area contributed by atoms with Crippen LogP contribution < -0.4 is 9.44 Å². The number of aryl methyl sites for hydroxylation is 2. The molecule has 6 nitrogen and oxygen atoms in total. The van der Waals surface area contributed by atoms with E-state index in [1.165, 1.54) is 30.3 Å². The van der Waals surface area contributed by atoms with Crippen LogP contribution in [0.25, 0.3) is 0 Å². The molecule has 1 aromatic carbocycles. The van der Waals surface area contributed by atoms with Crippen LogP contribution in [0.5, 0.6) is 0 Å². The van der Waals surface area contributed by atoms with Crippen LogP contribution in [0, 0.1) is 23.3 Å². The molecule has 3 aromatic rings. The fraction of sp³-hybridized carbons (Fsp3) is 0.464. The van der Waals surface area contributed by atoms with Crippen molar-refractivity contribution in [1.29, 1.82) is 0 Å². The summed E-state index contributed by atoms with van der Waals surface area (Å²) in [6.45, 7) is 12.0. The first-order valence-corrected chi connectivity index (χ1v) is 15.2. The first kappa shape index (κ1) is 30.1. The van der Waals surface area contributed by atoms with E-state index in [1.807, 2.05) is 33.0 Å². The van der Waals surface area contributed by atoms with Gasteiger partial charge in [0.25, 0.3) is 10.2 Å². The number of nitrogens with zero attached hydrogens (tertiary/aromatic N) is 2. The number of likely N-dealkylation sites (tertiary alicyclic amines) is 1. The summed E-state index contributed by atoms with van der Waals surface area (Å²) in [5, 5.41) is -0.218. The topological polar surface area (TPSA) is 74.3 Å². The lowest BCUT2D eigenvalue weighted by Gasteiger charge is -2.38. The van der Waals surface area contributed by atoms with Gasteiger partial charge in [-0.05, 0) is 100 Å². The summed E-state index contributed by atoms with van der Waals surface area (Å²) in [6, 6.07) is 12.5. The molecule has 1 aliphatic heterocycles. The van der Waals surface area contributed by atoms with Gasteiger partial charge in [-0.25, -0.2) is 4.39 Å². The number of halogens is 2. The molecule has 10 heteroatoms. The van der Waals surface area contributed by atoms with Gasteiger partial charge >= 0.3 is 0 Å². The van der Waals surface area contributed by atoms with Gasteiger partial charge in [-0.3, -0.25) is 14.6 Å². The highest BCUT2D eigenvalue weighted by atomic mass is 32.2. The van der Waals surface area contributed by atoms with Crippen molar-refractivity contribution in [3.63, 3.8) is 0 Å². The third-order valence-electron chi connectivity index (χ3n) is 7.11. The minimum absolute atomic E-state index is 0.218. The smallest absolute Gasteiger partial charge is 0.293 e. The van der Waals surface area contributed by atoms with Gasteiger partial charge in [0, 0.05) is 41.1 Å². The highest BCUT2D eigenvalue weighted by molar-refractivity contribution is 7.90. The number of aromatic nitrogens is 1. The first-order valence-electron chi connectivity index (χ1n) is 12.9. The van der Waals surface area contributed by atoms with Crippen LogP contribution in [0.1, 0.15) is 56.7 Å². The Balaban J connectivity index is 0.00000195. The molecule has 1 saturated heterocycles.